The van der Waals surface area contributed by atoms with Crippen molar-refractivity contribution in [2.75, 3.05) is 12.3 Å². The van der Waals surface area contributed by atoms with Gasteiger partial charge in [-0.25, -0.2) is 4.98 Å². The standard InChI is InChI=1S/C12H14BrN3O2/c1-2-18-12(17)4-3-8-6-16-7-10(14)9(13)5-11(16)15-8/h5-7H,2-4,14H2,1H3. The molecule has 0 saturated heterocycles. The van der Waals surface area contributed by atoms with Crippen LogP contribution in [0.4, 0.5) is 5.69 Å². The average Bonchev–Trinajstić information content (AvgIpc) is 2.69. The first kappa shape index (κ1) is 12.9. The van der Waals surface area contributed by atoms with Gasteiger partial charge < -0.3 is 14.9 Å². The number of anilines is 1. The lowest BCUT2D eigenvalue weighted by Crippen LogP contribution is -2.05. The summed E-state index contributed by atoms with van der Waals surface area (Å²) in [6.07, 6.45) is 4.57. The van der Waals surface area contributed by atoms with Crippen LogP contribution in [0.2, 0.25) is 0 Å². The van der Waals surface area contributed by atoms with E-state index < -0.39 is 0 Å². The summed E-state index contributed by atoms with van der Waals surface area (Å²) in [5.74, 6) is -0.199. The molecule has 0 spiro atoms. The van der Waals surface area contributed by atoms with Crippen LogP contribution in [0.3, 0.4) is 0 Å². The topological polar surface area (TPSA) is 69.6 Å². The molecule has 0 aliphatic carbocycles. The fourth-order valence-electron chi connectivity index (χ4n) is 1.66. The Morgan fingerprint density at radius 1 is 1.56 bits per heavy atom. The number of esters is 1. The summed E-state index contributed by atoms with van der Waals surface area (Å²) < 4.78 is 7.54. The summed E-state index contributed by atoms with van der Waals surface area (Å²) in [5, 5.41) is 0. The Morgan fingerprint density at radius 2 is 2.33 bits per heavy atom. The number of nitrogens with two attached hydrogens (primary N) is 1. The van der Waals surface area contributed by atoms with E-state index in [0.29, 0.717) is 25.1 Å². The van der Waals surface area contributed by atoms with Crippen LogP contribution >= 0.6 is 15.9 Å². The highest BCUT2D eigenvalue weighted by Crippen LogP contribution is 2.21. The lowest BCUT2D eigenvalue weighted by atomic mass is 10.2. The number of hydrogen-bond acceptors (Lipinski definition) is 4. The van der Waals surface area contributed by atoms with Crippen LogP contribution in [-0.4, -0.2) is 22.0 Å². The molecule has 0 saturated carbocycles. The molecule has 0 aliphatic rings. The van der Waals surface area contributed by atoms with Crippen LogP contribution < -0.4 is 5.73 Å². The molecule has 2 rings (SSSR count). The highest BCUT2D eigenvalue weighted by molar-refractivity contribution is 9.10. The second kappa shape index (κ2) is 5.39. The molecule has 2 aromatic heterocycles. The van der Waals surface area contributed by atoms with Crippen LogP contribution in [0, 0.1) is 0 Å². The molecular formula is C12H14BrN3O2. The van der Waals surface area contributed by atoms with Gasteiger partial charge in [-0.15, -0.1) is 0 Å². The summed E-state index contributed by atoms with van der Waals surface area (Å²) in [6.45, 7) is 2.20. The van der Waals surface area contributed by atoms with Crippen LogP contribution in [0.5, 0.6) is 0 Å². The smallest absolute Gasteiger partial charge is 0.306 e. The highest BCUT2D eigenvalue weighted by Gasteiger charge is 2.07. The first-order chi connectivity index (χ1) is 8.60. The van der Waals surface area contributed by atoms with Crippen LogP contribution in [0.15, 0.2) is 22.9 Å². The van der Waals surface area contributed by atoms with Crippen molar-refractivity contribution < 1.29 is 9.53 Å². The Balaban J connectivity index is 2.13. The molecule has 0 bridgehead atoms. The molecule has 2 N–H and O–H groups in total. The van der Waals surface area contributed by atoms with E-state index in [1.165, 1.54) is 0 Å². The third kappa shape index (κ3) is 2.81. The number of rotatable bonds is 4. The minimum atomic E-state index is -0.199. The molecule has 0 aromatic carbocycles. The van der Waals surface area contributed by atoms with E-state index >= 15 is 0 Å². The van der Waals surface area contributed by atoms with E-state index in [4.69, 9.17) is 10.5 Å². The molecule has 6 heteroatoms. The fraction of sp³-hybridized carbons (Fsp3) is 0.333. The number of imidazole rings is 1. The number of carbonyl (C=O) groups is 1. The second-order valence-corrected chi connectivity index (χ2v) is 4.73. The molecule has 2 heterocycles. The molecule has 0 fully saturated rings. The molecule has 0 atom stereocenters. The largest absolute Gasteiger partial charge is 0.466 e. The highest BCUT2D eigenvalue weighted by atomic mass is 79.9. The molecule has 0 aliphatic heterocycles. The van der Waals surface area contributed by atoms with Crippen molar-refractivity contribution in [3.05, 3.63) is 28.6 Å². The zero-order valence-electron chi connectivity index (χ0n) is 10.0. The van der Waals surface area contributed by atoms with Crippen molar-refractivity contribution in [1.82, 2.24) is 9.38 Å². The predicted molar refractivity (Wildman–Crippen MR) is 72.3 cm³/mol. The first-order valence-electron chi connectivity index (χ1n) is 5.68. The molecule has 0 unspecified atom stereocenters. The average molecular weight is 312 g/mol. The Labute approximate surface area is 113 Å². The van der Waals surface area contributed by atoms with Gasteiger partial charge in [0.1, 0.15) is 5.65 Å². The van der Waals surface area contributed by atoms with Gasteiger partial charge in [0.05, 0.1) is 24.4 Å². The van der Waals surface area contributed by atoms with Gasteiger partial charge in [-0.3, -0.25) is 4.79 Å². The van der Waals surface area contributed by atoms with Crippen LogP contribution in [0.1, 0.15) is 19.0 Å². The van der Waals surface area contributed by atoms with Crippen molar-refractivity contribution in [1.29, 1.82) is 0 Å². The minimum Gasteiger partial charge on any atom is -0.466 e. The zero-order chi connectivity index (χ0) is 13.1. The van der Waals surface area contributed by atoms with Crippen molar-refractivity contribution in [3.8, 4) is 0 Å². The lowest BCUT2D eigenvalue weighted by Gasteiger charge is -1.98. The summed E-state index contributed by atoms with van der Waals surface area (Å²) in [4.78, 5) is 15.7. The molecule has 0 amide bonds. The number of nitrogen functional groups attached to an aromatic ring is 1. The number of halogens is 1. The third-order valence-corrected chi connectivity index (χ3v) is 3.20. The van der Waals surface area contributed by atoms with E-state index in [1.807, 2.05) is 16.7 Å². The second-order valence-electron chi connectivity index (χ2n) is 3.88. The van der Waals surface area contributed by atoms with Crippen molar-refractivity contribution in [3.63, 3.8) is 0 Å². The number of nitrogens with zero attached hydrogens (tertiary/aromatic N) is 2. The molecular weight excluding hydrogens is 298 g/mol. The normalized spacial score (nSPS) is 10.8. The molecule has 5 nitrogen and oxygen atoms in total. The van der Waals surface area contributed by atoms with Gasteiger partial charge in [0.2, 0.25) is 0 Å². The Kier molecular flexibility index (Phi) is 3.86. The number of pyridine rings is 1. The minimum absolute atomic E-state index is 0.199. The van der Waals surface area contributed by atoms with E-state index in [1.54, 1.807) is 13.1 Å². The van der Waals surface area contributed by atoms with Gasteiger partial charge in [-0.2, -0.15) is 0 Å². The molecule has 18 heavy (non-hydrogen) atoms. The number of hydrogen-bond donors (Lipinski definition) is 1. The Bertz CT molecular complexity index is 541. The number of aromatic nitrogens is 2. The van der Waals surface area contributed by atoms with Gasteiger partial charge in [0.25, 0.3) is 0 Å². The number of aryl methyl sites for hydroxylation is 1. The lowest BCUT2D eigenvalue weighted by molar-refractivity contribution is -0.143. The van der Waals surface area contributed by atoms with Crippen LogP contribution in [-0.2, 0) is 16.0 Å². The zero-order valence-corrected chi connectivity index (χ0v) is 11.6. The third-order valence-electron chi connectivity index (χ3n) is 2.51. The summed E-state index contributed by atoms with van der Waals surface area (Å²) in [6, 6.07) is 1.85. The molecule has 2 aromatic rings. The first-order valence-corrected chi connectivity index (χ1v) is 6.47. The fourth-order valence-corrected chi connectivity index (χ4v) is 1.97. The molecule has 96 valence electrons. The summed E-state index contributed by atoms with van der Waals surface area (Å²) in [5.41, 5.74) is 8.09. The maximum Gasteiger partial charge on any atom is 0.306 e. The summed E-state index contributed by atoms with van der Waals surface area (Å²) >= 11 is 3.36. The predicted octanol–water partition coefficient (Wildman–Crippen LogP) is 2.17. The number of fused-ring (bicyclic) bond motifs is 1. The van der Waals surface area contributed by atoms with Gasteiger partial charge in [0.15, 0.2) is 0 Å². The van der Waals surface area contributed by atoms with Crippen molar-refractivity contribution >= 4 is 33.2 Å². The Hall–Kier alpha value is -1.56. The van der Waals surface area contributed by atoms with E-state index in [-0.39, 0.29) is 5.97 Å². The SMILES string of the molecule is CCOC(=O)CCc1cn2cc(N)c(Br)cc2n1. The van der Waals surface area contributed by atoms with E-state index in [9.17, 15) is 4.79 Å². The summed E-state index contributed by atoms with van der Waals surface area (Å²) in [7, 11) is 0. The van der Waals surface area contributed by atoms with Gasteiger partial charge in [0, 0.05) is 23.3 Å². The number of carbonyl (C=O) groups excluding carboxylic acids is 1. The Morgan fingerprint density at radius 3 is 3.06 bits per heavy atom. The van der Waals surface area contributed by atoms with Crippen LogP contribution in [0.25, 0.3) is 5.65 Å². The maximum atomic E-state index is 11.3. The monoisotopic (exact) mass is 311 g/mol. The van der Waals surface area contributed by atoms with Crippen molar-refractivity contribution in [2.45, 2.75) is 19.8 Å². The maximum absolute atomic E-state index is 11.3. The number of ether oxygens (including phenoxy) is 1. The van der Waals surface area contributed by atoms with Crippen molar-refractivity contribution in [2.24, 2.45) is 0 Å². The molecule has 0 radical (unpaired) electrons. The van der Waals surface area contributed by atoms with Gasteiger partial charge in [-0.1, -0.05) is 0 Å². The van der Waals surface area contributed by atoms with E-state index in [2.05, 4.69) is 20.9 Å². The van der Waals surface area contributed by atoms with Gasteiger partial charge >= 0.3 is 5.97 Å². The van der Waals surface area contributed by atoms with E-state index in [0.717, 1.165) is 15.8 Å². The quantitative estimate of drug-likeness (QED) is 0.879. The van der Waals surface area contributed by atoms with Gasteiger partial charge in [-0.05, 0) is 28.9 Å².